The summed E-state index contributed by atoms with van der Waals surface area (Å²) in [6, 6.07) is 0.232. The number of rotatable bonds is 10. The van der Waals surface area contributed by atoms with Crippen molar-refractivity contribution in [1.29, 1.82) is 0 Å². The quantitative estimate of drug-likeness (QED) is 0.522. The van der Waals surface area contributed by atoms with Crippen LogP contribution in [0.1, 0.15) is 70.6 Å². The number of unbranched alkanes of at least 4 members (excludes halogenated alkanes) is 4. The first kappa shape index (κ1) is 24.4. The zero-order valence-corrected chi connectivity index (χ0v) is 18.4. The predicted molar refractivity (Wildman–Crippen MR) is 115 cm³/mol. The van der Waals surface area contributed by atoms with Crippen LogP contribution >= 0.6 is 0 Å². The van der Waals surface area contributed by atoms with Crippen molar-refractivity contribution in [3.05, 3.63) is 0 Å². The van der Waals surface area contributed by atoms with Crippen molar-refractivity contribution in [2.45, 2.75) is 76.7 Å². The number of nitrogens with zero attached hydrogens (tertiary/aromatic N) is 3. The normalized spacial score (nSPS) is 23.0. The number of carbonyl (C=O) groups is 3. The van der Waals surface area contributed by atoms with Gasteiger partial charge >= 0.3 is 18.0 Å². The van der Waals surface area contributed by atoms with Gasteiger partial charge in [0.15, 0.2) is 0 Å². The van der Waals surface area contributed by atoms with Crippen LogP contribution in [0.25, 0.3) is 0 Å². The summed E-state index contributed by atoms with van der Waals surface area (Å²) in [5.41, 5.74) is 0. The minimum absolute atomic E-state index is 0.106. The lowest BCUT2D eigenvalue weighted by Crippen LogP contribution is -2.50. The fourth-order valence-corrected chi connectivity index (χ4v) is 4.58. The van der Waals surface area contributed by atoms with Crippen LogP contribution in [0.2, 0.25) is 0 Å². The maximum atomic E-state index is 13.4. The van der Waals surface area contributed by atoms with E-state index in [0.29, 0.717) is 25.8 Å². The minimum atomic E-state index is -0.744. The molecule has 2 rings (SSSR count). The lowest BCUT2D eigenvalue weighted by molar-refractivity contribution is -0.143. The number of carboxylic acids is 2. The van der Waals surface area contributed by atoms with Gasteiger partial charge in [0.1, 0.15) is 0 Å². The molecule has 0 spiro atoms. The summed E-state index contributed by atoms with van der Waals surface area (Å²) in [4.78, 5) is 41.5. The molecule has 0 bridgehead atoms. The van der Waals surface area contributed by atoms with E-state index in [0.717, 1.165) is 71.1 Å². The molecule has 0 atom stereocenters. The van der Waals surface area contributed by atoms with Gasteiger partial charge in [-0.3, -0.25) is 9.59 Å². The number of hydrogen-bond acceptors (Lipinski definition) is 4. The molecule has 8 nitrogen and oxygen atoms in total. The highest BCUT2D eigenvalue weighted by molar-refractivity contribution is 5.75. The Kier molecular flexibility index (Phi) is 10.4. The van der Waals surface area contributed by atoms with Crippen LogP contribution in [-0.4, -0.2) is 88.7 Å². The van der Waals surface area contributed by atoms with Crippen molar-refractivity contribution in [2.75, 3.05) is 39.8 Å². The second kappa shape index (κ2) is 12.8. The molecule has 30 heavy (non-hydrogen) atoms. The standard InChI is InChI=1S/C22H39N3O5/c1-23-13-7-14-24(17-16-23)22(30)25(15-6-4-2-3-5-8-20(26)27)19-11-9-18(10-12-19)21(28)29/h18-19H,2-17H2,1H3,(H,26,27)(H,28,29). The number of amides is 2. The Balaban J connectivity index is 1.88. The molecule has 172 valence electrons. The molecule has 2 N–H and O–H groups in total. The molecule has 2 amide bonds. The molecule has 1 aliphatic carbocycles. The monoisotopic (exact) mass is 425 g/mol. The van der Waals surface area contributed by atoms with E-state index in [-0.39, 0.29) is 24.4 Å². The largest absolute Gasteiger partial charge is 0.481 e. The molecule has 0 aromatic heterocycles. The molecule has 2 aliphatic rings. The van der Waals surface area contributed by atoms with Crippen LogP contribution in [0.5, 0.6) is 0 Å². The van der Waals surface area contributed by atoms with Crippen molar-refractivity contribution < 1.29 is 24.6 Å². The van der Waals surface area contributed by atoms with Crippen molar-refractivity contribution >= 4 is 18.0 Å². The number of hydrogen-bond donors (Lipinski definition) is 2. The van der Waals surface area contributed by atoms with E-state index in [4.69, 9.17) is 5.11 Å². The van der Waals surface area contributed by atoms with E-state index < -0.39 is 11.9 Å². The van der Waals surface area contributed by atoms with Gasteiger partial charge in [-0.1, -0.05) is 19.3 Å². The van der Waals surface area contributed by atoms with Gasteiger partial charge in [-0.2, -0.15) is 0 Å². The van der Waals surface area contributed by atoms with Gasteiger partial charge in [0.2, 0.25) is 0 Å². The average Bonchev–Trinajstić information content (AvgIpc) is 2.94. The Labute approximate surface area is 180 Å². The lowest BCUT2D eigenvalue weighted by Gasteiger charge is -2.39. The van der Waals surface area contributed by atoms with Gasteiger partial charge in [0, 0.05) is 38.6 Å². The van der Waals surface area contributed by atoms with E-state index >= 15 is 0 Å². The third-order valence-corrected chi connectivity index (χ3v) is 6.51. The first-order valence-corrected chi connectivity index (χ1v) is 11.6. The SMILES string of the molecule is CN1CCCN(C(=O)N(CCCCCCCC(=O)O)C2CCC(C(=O)O)CC2)CC1. The Morgan fingerprint density at radius 3 is 2.20 bits per heavy atom. The number of carbonyl (C=O) groups excluding carboxylic acids is 1. The summed E-state index contributed by atoms with van der Waals surface area (Å²) in [5.74, 6) is -1.74. The van der Waals surface area contributed by atoms with Gasteiger partial charge in [-0.15, -0.1) is 0 Å². The van der Waals surface area contributed by atoms with Crippen LogP contribution < -0.4 is 0 Å². The van der Waals surface area contributed by atoms with Crippen LogP contribution in [0.3, 0.4) is 0 Å². The number of urea groups is 1. The molecule has 1 heterocycles. The predicted octanol–water partition coefficient (Wildman–Crippen LogP) is 3.11. The average molecular weight is 426 g/mol. The second-order valence-corrected chi connectivity index (χ2v) is 8.88. The molecule has 8 heteroatoms. The second-order valence-electron chi connectivity index (χ2n) is 8.88. The molecular weight excluding hydrogens is 386 g/mol. The third kappa shape index (κ3) is 8.13. The van der Waals surface area contributed by atoms with E-state index in [1.165, 1.54) is 0 Å². The smallest absolute Gasteiger partial charge is 0.320 e. The van der Waals surface area contributed by atoms with Gasteiger partial charge in [0.05, 0.1) is 5.92 Å². The molecule has 2 fully saturated rings. The Hall–Kier alpha value is -1.83. The molecule has 0 unspecified atom stereocenters. The first-order chi connectivity index (χ1) is 14.4. The lowest BCUT2D eigenvalue weighted by atomic mass is 9.85. The molecule has 0 aromatic carbocycles. The highest BCUT2D eigenvalue weighted by Gasteiger charge is 2.33. The van der Waals surface area contributed by atoms with Crippen LogP contribution in [0, 0.1) is 5.92 Å². The molecular formula is C22H39N3O5. The van der Waals surface area contributed by atoms with Gasteiger partial charge in [0.25, 0.3) is 0 Å². The summed E-state index contributed by atoms with van der Waals surface area (Å²) in [6.45, 7) is 4.11. The highest BCUT2D eigenvalue weighted by atomic mass is 16.4. The number of carboxylic acid groups (broad SMARTS) is 2. The molecule has 1 saturated heterocycles. The van der Waals surface area contributed by atoms with E-state index in [2.05, 4.69) is 11.9 Å². The van der Waals surface area contributed by atoms with Crippen molar-refractivity contribution in [1.82, 2.24) is 14.7 Å². The number of aliphatic carboxylic acids is 2. The van der Waals surface area contributed by atoms with E-state index in [9.17, 15) is 19.5 Å². The van der Waals surface area contributed by atoms with Crippen molar-refractivity contribution in [3.8, 4) is 0 Å². The van der Waals surface area contributed by atoms with Gasteiger partial charge in [-0.25, -0.2) is 4.79 Å². The highest BCUT2D eigenvalue weighted by Crippen LogP contribution is 2.29. The summed E-state index contributed by atoms with van der Waals surface area (Å²) < 4.78 is 0. The Morgan fingerprint density at radius 1 is 0.867 bits per heavy atom. The van der Waals surface area contributed by atoms with Crippen LogP contribution in [-0.2, 0) is 9.59 Å². The maximum absolute atomic E-state index is 13.4. The molecule has 1 aliphatic heterocycles. The van der Waals surface area contributed by atoms with E-state index in [1.807, 2.05) is 9.80 Å². The first-order valence-electron chi connectivity index (χ1n) is 11.6. The Morgan fingerprint density at radius 2 is 1.53 bits per heavy atom. The summed E-state index contributed by atoms with van der Waals surface area (Å²) in [7, 11) is 2.09. The summed E-state index contributed by atoms with van der Waals surface area (Å²) >= 11 is 0. The molecule has 1 saturated carbocycles. The van der Waals surface area contributed by atoms with Crippen LogP contribution in [0.15, 0.2) is 0 Å². The fourth-order valence-electron chi connectivity index (χ4n) is 4.58. The molecule has 0 aromatic rings. The van der Waals surface area contributed by atoms with Crippen molar-refractivity contribution in [3.63, 3.8) is 0 Å². The Bertz CT molecular complexity index is 563. The maximum Gasteiger partial charge on any atom is 0.320 e. The summed E-state index contributed by atoms with van der Waals surface area (Å²) in [5, 5.41) is 18.0. The zero-order valence-electron chi connectivity index (χ0n) is 18.4. The summed E-state index contributed by atoms with van der Waals surface area (Å²) in [6.07, 6.45) is 8.48. The zero-order chi connectivity index (χ0) is 21.9. The van der Waals surface area contributed by atoms with Gasteiger partial charge < -0.3 is 24.9 Å². The third-order valence-electron chi connectivity index (χ3n) is 6.51. The van der Waals surface area contributed by atoms with Crippen LogP contribution in [0.4, 0.5) is 4.79 Å². The fraction of sp³-hybridized carbons (Fsp3) is 0.864. The van der Waals surface area contributed by atoms with Gasteiger partial charge in [-0.05, 0) is 58.5 Å². The van der Waals surface area contributed by atoms with Crippen molar-refractivity contribution in [2.24, 2.45) is 5.92 Å². The van der Waals surface area contributed by atoms with E-state index in [1.54, 1.807) is 0 Å². The molecule has 0 radical (unpaired) electrons. The number of likely N-dealkylation sites (N-methyl/N-ethyl adjacent to an activating group) is 1. The minimum Gasteiger partial charge on any atom is -0.481 e. The topological polar surface area (TPSA) is 101 Å².